The monoisotopic (exact) mass is 615 g/mol. The molecule has 1 aliphatic rings. The molecule has 1 aliphatic carbocycles. The van der Waals surface area contributed by atoms with Gasteiger partial charge in [0.15, 0.2) is 5.82 Å². The highest BCUT2D eigenvalue weighted by Gasteiger charge is 2.40. The third-order valence-corrected chi connectivity index (χ3v) is 7.51. The van der Waals surface area contributed by atoms with E-state index in [1.165, 1.54) is 37.0 Å². The van der Waals surface area contributed by atoms with Crippen LogP contribution >= 0.6 is 0 Å². The van der Waals surface area contributed by atoms with E-state index in [0.717, 1.165) is 0 Å². The zero-order chi connectivity index (χ0) is 31.7. The fourth-order valence-electron chi connectivity index (χ4n) is 5.27. The van der Waals surface area contributed by atoms with Crippen molar-refractivity contribution in [2.45, 2.75) is 95.8 Å². The summed E-state index contributed by atoms with van der Waals surface area (Å²) in [5.41, 5.74) is -2.32. The second kappa shape index (κ2) is 12.5. The van der Waals surface area contributed by atoms with E-state index in [4.69, 9.17) is 0 Å². The zero-order valence-electron chi connectivity index (χ0n) is 24.2. The molecular formula is C28H35F6N7O2. The van der Waals surface area contributed by atoms with Crippen LogP contribution in [0.4, 0.5) is 26.3 Å². The maximum atomic E-state index is 15.9. The molecule has 1 saturated carbocycles. The van der Waals surface area contributed by atoms with Gasteiger partial charge in [0.25, 0.3) is 5.91 Å². The van der Waals surface area contributed by atoms with Crippen molar-refractivity contribution in [3.05, 3.63) is 41.5 Å². The summed E-state index contributed by atoms with van der Waals surface area (Å²) < 4.78 is 86.1. The molecule has 3 aromatic rings. The van der Waals surface area contributed by atoms with Gasteiger partial charge in [-0.1, -0.05) is 6.07 Å². The third kappa shape index (κ3) is 7.66. The smallest absolute Gasteiger partial charge is 0.289 e. The van der Waals surface area contributed by atoms with Crippen molar-refractivity contribution in [2.75, 3.05) is 6.54 Å². The molecule has 0 unspecified atom stereocenters. The van der Waals surface area contributed by atoms with Gasteiger partial charge in [0.1, 0.15) is 23.3 Å². The highest BCUT2D eigenvalue weighted by atomic mass is 19.3. The van der Waals surface area contributed by atoms with Crippen LogP contribution in [0.5, 0.6) is 0 Å². The van der Waals surface area contributed by atoms with E-state index in [0.29, 0.717) is 0 Å². The first-order valence-electron chi connectivity index (χ1n) is 14.1. The Morgan fingerprint density at radius 3 is 2.47 bits per heavy atom. The fourth-order valence-corrected chi connectivity index (χ4v) is 5.27. The molecule has 2 atom stereocenters. The lowest BCUT2D eigenvalue weighted by atomic mass is 9.81. The summed E-state index contributed by atoms with van der Waals surface area (Å²) >= 11 is 0. The van der Waals surface area contributed by atoms with E-state index >= 15 is 4.39 Å². The lowest BCUT2D eigenvalue weighted by Gasteiger charge is -2.33. The second-order valence-corrected chi connectivity index (χ2v) is 11.9. The predicted molar refractivity (Wildman–Crippen MR) is 145 cm³/mol. The molecular weight excluding hydrogens is 580 g/mol. The van der Waals surface area contributed by atoms with Crippen molar-refractivity contribution in [3.8, 4) is 0 Å². The molecule has 4 rings (SSSR count). The summed E-state index contributed by atoms with van der Waals surface area (Å²) in [6.45, 7) is 5.53. The Labute approximate surface area is 244 Å². The maximum absolute atomic E-state index is 15.9. The van der Waals surface area contributed by atoms with Crippen LogP contribution in [-0.4, -0.2) is 61.1 Å². The van der Waals surface area contributed by atoms with Gasteiger partial charge in [0, 0.05) is 30.9 Å². The number of aromatic amines is 1. The molecule has 1 aromatic carbocycles. The van der Waals surface area contributed by atoms with Gasteiger partial charge in [-0.3, -0.25) is 9.59 Å². The van der Waals surface area contributed by atoms with E-state index in [9.17, 15) is 31.5 Å². The quantitative estimate of drug-likeness (QED) is 0.237. The van der Waals surface area contributed by atoms with Crippen LogP contribution in [0.1, 0.15) is 99.8 Å². The van der Waals surface area contributed by atoms with Gasteiger partial charge >= 0.3 is 0 Å². The Hall–Kier alpha value is -3.65. The molecule has 0 spiro atoms. The number of nitrogens with zero attached hydrogens (tertiary/aromatic N) is 4. The fraction of sp³-hybridized carbons (Fsp3) is 0.607. The Bertz CT molecular complexity index is 1440. The molecule has 0 aliphatic heterocycles. The highest BCUT2D eigenvalue weighted by Crippen LogP contribution is 2.41. The lowest BCUT2D eigenvalue weighted by molar-refractivity contribution is -0.124. The molecule has 43 heavy (non-hydrogen) atoms. The zero-order valence-corrected chi connectivity index (χ0v) is 24.2. The van der Waals surface area contributed by atoms with Gasteiger partial charge in [-0.2, -0.15) is 5.10 Å². The Morgan fingerprint density at radius 2 is 1.86 bits per heavy atom. The number of hydrogen-bond donors (Lipinski definition) is 3. The lowest BCUT2D eigenvalue weighted by Crippen LogP contribution is -2.39. The maximum Gasteiger partial charge on any atom is 0.289 e. The van der Waals surface area contributed by atoms with Crippen molar-refractivity contribution in [2.24, 2.45) is 5.92 Å². The molecule has 2 amide bonds. The van der Waals surface area contributed by atoms with E-state index in [1.807, 2.05) is 0 Å². The molecule has 15 heteroatoms. The van der Waals surface area contributed by atoms with Crippen LogP contribution in [0.15, 0.2) is 18.5 Å². The molecule has 2 aromatic heterocycles. The highest BCUT2D eigenvalue weighted by molar-refractivity contribution is 5.91. The molecule has 9 nitrogen and oxygen atoms in total. The predicted octanol–water partition coefficient (Wildman–Crippen LogP) is 5.77. The van der Waals surface area contributed by atoms with Crippen LogP contribution in [0.3, 0.4) is 0 Å². The Morgan fingerprint density at radius 1 is 1.19 bits per heavy atom. The standard InChI is InChI=1S/C28H35F6N7O2/c1-14(2)41-24(36-13-37-41)26(43)40-21(15-7-9-28(33,34)10-8-15)23-38-18-6-5-16(20(31)22(18)39-23)17(11-19(29)30)25(42)35-12-27(3,4)32/h5-6,13-15,17,19,21H,7-12H2,1-4H3,(H,35,42)(H,38,39)(H,40,43)/t17-,21-/m0/s1. The SMILES string of the molecule is CC(C)n1ncnc1C(=O)N[C@H](c1nc2c(F)c([C@H](CC(F)F)C(=O)NCC(C)(C)F)ccc2[nH]1)C1CCC(F)(F)CC1. The number of fused-ring (bicyclic) bond motifs is 1. The molecule has 0 radical (unpaired) electrons. The van der Waals surface area contributed by atoms with E-state index in [2.05, 4.69) is 30.7 Å². The van der Waals surface area contributed by atoms with Crippen molar-refractivity contribution in [1.82, 2.24) is 35.4 Å². The number of hydrogen-bond acceptors (Lipinski definition) is 5. The minimum atomic E-state index is -2.96. The molecule has 2 heterocycles. The third-order valence-electron chi connectivity index (χ3n) is 7.51. The van der Waals surface area contributed by atoms with Gasteiger partial charge < -0.3 is 15.6 Å². The minimum Gasteiger partial charge on any atom is -0.352 e. The first-order valence-corrected chi connectivity index (χ1v) is 14.1. The van der Waals surface area contributed by atoms with Gasteiger partial charge in [0.05, 0.1) is 24.0 Å². The summed E-state index contributed by atoms with van der Waals surface area (Å²) in [5, 5.41) is 9.10. The van der Waals surface area contributed by atoms with E-state index in [-0.39, 0.29) is 47.1 Å². The molecule has 3 N–H and O–H groups in total. The first kappa shape index (κ1) is 32.3. The normalized spacial score (nSPS) is 17.4. The van der Waals surface area contributed by atoms with Crippen LogP contribution in [-0.2, 0) is 4.79 Å². The summed E-state index contributed by atoms with van der Waals surface area (Å²) in [6, 6.07) is 1.37. The number of nitrogens with one attached hydrogen (secondary N) is 3. The molecule has 0 saturated heterocycles. The van der Waals surface area contributed by atoms with Crippen molar-refractivity contribution >= 4 is 22.8 Å². The first-order chi connectivity index (χ1) is 20.1. The number of rotatable bonds is 11. The number of aromatic nitrogens is 5. The topological polar surface area (TPSA) is 118 Å². The van der Waals surface area contributed by atoms with Crippen molar-refractivity contribution < 1.29 is 35.9 Å². The van der Waals surface area contributed by atoms with Crippen molar-refractivity contribution in [1.29, 1.82) is 0 Å². The number of halogens is 6. The number of H-pyrrole nitrogens is 1. The van der Waals surface area contributed by atoms with Gasteiger partial charge in [-0.25, -0.2) is 41.0 Å². The molecule has 236 valence electrons. The number of amides is 2. The van der Waals surface area contributed by atoms with Gasteiger partial charge in [-0.15, -0.1) is 0 Å². The van der Waals surface area contributed by atoms with Crippen LogP contribution in [0.25, 0.3) is 11.0 Å². The van der Waals surface area contributed by atoms with Crippen LogP contribution in [0.2, 0.25) is 0 Å². The number of carbonyl (C=O) groups is 2. The molecule has 1 fully saturated rings. The summed E-state index contributed by atoms with van der Waals surface area (Å²) in [5.74, 6) is -7.58. The Balaban J connectivity index is 1.70. The number of benzene rings is 1. The minimum absolute atomic E-state index is 0.0111. The number of alkyl halides is 5. The summed E-state index contributed by atoms with van der Waals surface area (Å²) in [7, 11) is 0. The molecule has 0 bridgehead atoms. The van der Waals surface area contributed by atoms with Crippen molar-refractivity contribution in [3.63, 3.8) is 0 Å². The largest absolute Gasteiger partial charge is 0.352 e. The summed E-state index contributed by atoms with van der Waals surface area (Å²) in [4.78, 5) is 37.3. The van der Waals surface area contributed by atoms with Gasteiger partial charge in [0.2, 0.25) is 24.1 Å². The van der Waals surface area contributed by atoms with Crippen LogP contribution < -0.4 is 10.6 Å². The average Bonchev–Trinajstić information content (AvgIpc) is 3.57. The average molecular weight is 616 g/mol. The summed E-state index contributed by atoms with van der Waals surface area (Å²) in [6.07, 6.45) is -3.50. The Kier molecular flexibility index (Phi) is 9.40. The van der Waals surface area contributed by atoms with E-state index in [1.54, 1.807) is 13.8 Å². The number of carbonyl (C=O) groups excluding carboxylic acids is 2. The second-order valence-electron chi connectivity index (χ2n) is 11.9. The van der Waals surface area contributed by atoms with Crippen LogP contribution in [0, 0.1) is 11.7 Å². The number of imidazole rings is 1. The van der Waals surface area contributed by atoms with Gasteiger partial charge in [-0.05, 0) is 52.5 Å². The van der Waals surface area contributed by atoms with E-state index < -0.39 is 79.3 Å².